The third-order valence-electron chi connectivity index (χ3n) is 6.04. The molecule has 0 aliphatic heterocycles. The predicted octanol–water partition coefficient (Wildman–Crippen LogP) is 4.86. The van der Waals surface area contributed by atoms with Crippen LogP contribution in [0.2, 0.25) is 18.1 Å². The van der Waals surface area contributed by atoms with Gasteiger partial charge in [-0.1, -0.05) is 33.3 Å². The van der Waals surface area contributed by atoms with E-state index in [0.717, 1.165) is 24.8 Å². The fraction of sp³-hybridized carbons (Fsp3) is 0.824. The predicted molar refractivity (Wildman–Crippen MR) is 86.4 cm³/mol. The van der Waals surface area contributed by atoms with Gasteiger partial charge in [0, 0.05) is 11.8 Å². The Morgan fingerprint density at radius 1 is 1.25 bits per heavy atom. The van der Waals surface area contributed by atoms with Crippen LogP contribution >= 0.6 is 0 Å². The molecule has 0 amide bonds. The van der Waals surface area contributed by atoms with Crippen molar-refractivity contribution in [2.45, 2.75) is 84.5 Å². The lowest BCUT2D eigenvalue weighted by Gasteiger charge is -2.44. The van der Waals surface area contributed by atoms with Gasteiger partial charge in [-0.05, 0) is 49.9 Å². The monoisotopic (exact) mass is 294 g/mol. The molecule has 0 saturated heterocycles. The smallest absolute Gasteiger partial charge is 0.192 e. The van der Waals surface area contributed by atoms with Crippen molar-refractivity contribution in [3.05, 3.63) is 11.1 Å². The number of fused-ring (bicyclic) bond motifs is 1. The molecule has 2 rings (SSSR count). The number of carbonyl (C=O) groups is 1. The maximum Gasteiger partial charge on any atom is 0.192 e. The summed E-state index contributed by atoms with van der Waals surface area (Å²) in [6, 6.07) is 0. The van der Waals surface area contributed by atoms with Crippen LogP contribution in [0.5, 0.6) is 0 Å². The Labute approximate surface area is 125 Å². The first-order valence-corrected chi connectivity index (χ1v) is 10.8. The summed E-state index contributed by atoms with van der Waals surface area (Å²) in [5.74, 6) is 0.352. The molecule has 0 radical (unpaired) electrons. The average Bonchev–Trinajstić information content (AvgIpc) is 2.61. The molecule has 0 unspecified atom stereocenters. The minimum Gasteiger partial charge on any atom is -0.413 e. The molecule has 0 spiro atoms. The molecular formula is C17H30O2Si. The summed E-state index contributed by atoms with van der Waals surface area (Å²) >= 11 is 0. The molecule has 0 heterocycles. The second-order valence-corrected chi connectivity index (χ2v) is 13.1. The van der Waals surface area contributed by atoms with Crippen molar-refractivity contribution < 1.29 is 9.22 Å². The number of rotatable bonds is 2. The van der Waals surface area contributed by atoms with Crippen molar-refractivity contribution in [1.29, 1.82) is 0 Å². The number of Topliss-reactive ketones (excluding diaryl/α,β-unsaturated/α-hetero) is 1. The van der Waals surface area contributed by atoms with E-state index in [0.29, 0.717) is 18.3 Å². The van der Waals surface area contributed by atoms with E-state index in [2.05, 4.69) is 40.8 Å². The highest BCUT2D eigenvalue weighted by Gasteiger charge is 2.50. The zero-order valence-corrected chi connectivity index (χ0v) is 15.2. The topological polar surface area (TPSA) is 26.3 Å². The van der Waals surface area contributed by atoms with Gasteiger partial charge in [-0.3, -0.25) is 4.79 Å². The third-order valence-corrected chi connectivity index (χ3v) is 10.5. The van der Waals surface area contributed by atoms with Crippen molar-refractivity contribution in [2.24, 2.45) is 5.41 Å². The minimum atomic E-state index is -1.74. The van der Waals surface area contributed by atoms with E-state index in [-0.39, 0.29) is 10.5 Å². The molecule has 2 aliphatic carbocycles. The van der Waals surface area contributed by atoms with Crippen LogP contribution in [0.25, 0.3) is 0 Å². The Hall–Kier alpha value is -0.413. The standard InChI is InChI=1S/C17H30O2Si/c1-12-13-8-9-15(17(13,5)11-10-14(12)18)19-20(6,7)16(2,3)4/h15H,8-11H2,1-7H3/t15-,17-/m0/s1. The van der Waals surface area contributed by atoms with E-state index < -0.39 is 8.32 Å². The molecular weight excluding hydrogens is 264 g/mol. The fourth-order valence-corrected chi connectivity index (χ4v) is 4.89. The molecule has 3 heteroatoms. The molecule has 0 aromatic heterocycles. The van der Waals surface area contributed by atoms with Gasteiger partial charge in [0.2, 0.25) is 0 Å². The number of carbonyl (C=O) groups excluding carboxylic acids is 1. The van der Waals surface area contributed by atoms with Crippen LogP contribution in [0.1, 0.15) is 60.3 Å². The Morgan fingerprint density at radius 2 is 1.85 bits per heavy atom. The molecule has 2 nitrogen and oxygen atoms in total. The number of hydrogen-bond donors (Lipinski definition) is 0. The third kappa shape index (κ3) is 2.43. The summed E-state index contributed by atoms with van der Waals surface area (Å²) in [5, 5.41) is 0.245. The van der Waals surface area contributed by atoms with E-state index in [1.165, 1.54) is 5.57 Å². The molecule has 2 aliphatic rings. The van der Waals surface area contributed by atoms with Gasteiger partial charge in [0.05, 0.1) is 6.10 Å². The summed E-state index contributed by atoms with van der Waals surface area (Å²) in [6.45, 7) is 15.9. The van der Waals surface area contributed by atoms with E-state index in [1.807, 2.05) is 6.92 Å². The first-order valence-electron chi connectivity index (χ1n) is 7.90. The van der Waals surface area contributed by atoms with Crippen molar-refractivity contribution in [3.8, 4) is 0 Å². The molecule has 20 heavy (non-hydrogen) atoms. The summed E-state index contributed by atoms with van der Waals surface area (Å²) in [6.07, 6.45) is 4.11. The van der Waals surface area contributed by atoms with Crippen molar-refractivity contribution in [3.63, 3.8) is 0 Å². The van der Waals surface area contributed by atoms with Crippen molar-refractivity contribution in [1.82, 2.24) is 0 Å². The first-order chi connectivity index (χ1) is 8.99. The molecule has 114 valence electrons. The molecule has 1 fully saturated rings. The zero-order valence-electron chi connectivity index (χ0n) is 14.2. The second-order valence-electron chi connectivity index (χ2n) is 8.35. The Kier molecular flexibility index (Phi) is 3.84. The minimum absolute atomic E-state index is 0.105. The van der Waals surface area contributed by atoms with E-state index in [1.54, 1.807) is 0 Å². The van der Waals surface area contributed by atoms with Gasteiger partial charge in [-0.15, -0.1) is 0 Å². The SMILES string of the molecule is CC1=C2CC[C@H](O[Si](C)(C)C(C)(C)C)[C@@]2(C)CCC1=O. The largest absolute Gasteiger partial charge is 0.413 e. The summed E-state index contributed by atoms with van der Waals surface area (Å²) in [4.78, 5) is 11.9. The van der Waals surface area contributed by atoms with Crippen molar-refractivity contribution >= 4 is 14.1 Å². The highest BCUT2D eigenvalue weighted by atomic mass is 28.4. The molecule has 0 aromatic rings. The van der Waals surface area contributed by atoms with Crippen LogP contribution in [-0.4, -0.2) is 20.2 Å². The molecule has 0 bridgehead atoms. The second kappa shape index (κ2) is 4.81. The highest BCUT2D eigenvalue weighted by Crippen LogP contribution is 2.53. The normalized spacial score (nSPS) is 31.8. The van der Waals surface area contributed by atoms with Crippen LogP contribution in [0, 0.1) is 5.41 Å². The molecule has 1 saturated carbocycles. The lowest BCUT2D eigenvalue weighted by atomic mass is 9.72. The van der Waals surface area contributed by atoms with Crippen LogP contribution < -0.4 is 0 Å². The fourth-order valence-electron chi connectivity index (χ4n) is 3.45. The quantitative estimate of drug-likeness (QED) is 0.680. The van der Waals surface area contributed by atoms with Crippen molar-refractivity contribution in [2.75, 3.05) is 0 Å². The lowest BCUT2D eigenvalue weighted by Crippen LogP contribution is -2.47. The maximum atomic E-state index is 11.9. The number of hydrogen-bond acceptors (Lipinski definition) is 2. The number of allylic oxidation sites excluding steroid dienone is 1. The first kappa shape index (κ1) is 16.0. The molecule has 2 atom stereocenters. The van der Waals surface area contributed by atoms with Gasteiger partial charge in [0.15, 0.2) is 14.1 Å². The van der Waals surface area contributed by atoms with Gasteiger partial charge >= 0.3 is 0 Å². The maximum absolute atomic E-state index is 11.9. The Morgan fingerprint density at radius 3 is 2.40 bits per heavy atom. The molecule has 0 N–H and O–H groups in total. The summed E-state index contributed by atoms with van der Waals surface area (Å²) < 4.78 is 6.71. The number of ketones is 1. The van der Waals surface area contributed by atoms with Gasteiger partial charge < -0.3 is 4.43 Å². The van der Waals surface area contributed by atoms with Crippen LogP contribution in [0.4, 0.5) is 0 Å². The van der Waals surface area contributed by atoms with Crippen LogP contribution in [0.15, 0.2) is 11.1 Å². The Bertz CT molecular complexity index is 456. The van der Waals surface area contributed by atoms with E-state index in [4.69, 9.17) is 4.43 Å². The summed E-state index contributed by atoms with van der Waals surface area (Å²) in [5.41, 5.74) is 2.52. The Balaban J connectivity index is 2.27. The zero-order chi connectivity index (χ0) is 15.3. The van der Waals surface area contributed by atoms with Gasteiger partial charge in [-0.25, -0.2) is 0 Å². The lowest BCUT2D eigenvalue weighted by molar-refractivity contribution is -0.117. The average molecular weight is 295 g/mol. The molecule has 0 aromatic carbocycles. The summed E-state index contributed by atoms with van der Waals surface area (Å²) in [7, 11) is -1.74. The van der Waals surface area contributed by atoms with Gasteiger partial charge in [-0.2, -0.15) is 0 Å². The van der Waals surface area contributed by atoms with E-state index in [9.17, 15) is 4.79 Å². The van der Waals surface area contributed by atoms with E-state index >= 15 is 0 Å². The van der Waals surface area contributed by atoms with Gasteiger partial charge in [0.25, 0.3) is 0 Å². The van der Waals surface area contributed by atoms with Crippen LogP contribution in [0.3, 0.4) is 0 Å². The van der Waals surface area contributed by atoms with Gasteiger partial charge in [0.1, 0.15) is 0 Å². The van der Waals surface area contributed by atoms with Crippen LogP contribution in [-0.2, 0) is 9.22 Å². The highest BCUT2D eigenvalue weighted by molar-refractivity contribution is 6.74.